The van der Waals surface area contributed by atoms with E-state index in [-0.39, 0.29) is 29.6 Å². The van der Waals surface area contributed by atoms with Crippen LogP contribution < -0.4 is 29.6 Å². The second kappa shape index (κ2) is 6.25. The van der Waals surface area contributed by atoms with E-state index in [0.29, 0.717) is 5.16 Å². The van der Waals surface area contributed by atoms with Gasteiger partial charge in [-0.05, 0) is 24.3 Å². The average Bonchev–Trinajstić information content (AvgIpc) is 2.83. The third-order valence-corrected chi connectivity index (χ3v) is 2.85. The standard InChI is InChI=1S/C13H10N4S.Na/c18-13-16-15-12(10-6-8-14-9-7-10)17(13)11-4-2-1-3-5-11;/h1-9H,(H,16,18);/q;+1/p-1. The predicted molar refractivity (Wildman–Crippen MR) is 70.2 cm³/mol. The molecule has 0 saturated heterocycles. The Morgan fingerprint density at radius 2 is 1.58 bits per heavy atom. The van der Waals surface area contributed by atoms with Crippen LogP contribution in [0, 0.1) is 0 Å². The first-order chi connectivity index (χ1) is 8.86. The van der Waals surface area contributed by atoms with Gasteiger partial charge in [0, 0.05) is 28.8 Å². The number of rotatable bonds is 2. The third kappa shape index (κ3) is 2.84. The Morgan fingerprint density at radius 3 is 2.26 bits per heavy atom. The second-order valence-electron chi connectivity index (χ2n) is 3.71. The third-order valence-electron chi connectivity index (χ3n) is 2.59. The van der Waals surface area contributed by atoms with Gasteiger partial charge in [0.15, 0.2) is 5.82 Å². The number of pyridine rings is 1. The summed E-state index contributed by atoms with van der Waals surface area (Å²) in [5.74, 6) is 0.730. The van der Waals surface area contributed by atoms with Crippen LogP contribution in [-0.2, 0) is 12.6 Å². The van der Waals surface area contributed by atoms with Crippen molar-refractivity contribution in [2.75, 3.05) is 0 Å². The van der Waals surface area contributed by atoms with Crippen LogP contribution in [0.1, 0.15) is 0 Å². The minimum absolute atomic E-state index is 0. The minimum atomic E-state index is 0. The Hall–Kier alpha value is -1.27. The van der Waals surface area contributed by atoms with Crippen molar-refractivity contribution in [3.05, 3.63) is 54.9 Å². The molecule has 0 saturated carbocycles. The quantitative estimate of drug-likeness (QED) is 0.456. The van der Waals surface area contributed by atoms with E-state index in [4.69, 9.17) is 12.6 Å². The summed E-state index contributed by atoms with van der Waals surface area (Å²) in [5.41, 5.74) is 1.90. The fourth-order valence-electron chi connectivity index (χ4n) is 1.77. The zero-order valence-electron chi connectivity index (χ0n) is 10.4. The van der Waals surface area contributed by atoms with Crippen molar-refractivity contribution >= 4 is 12.6 Å². The maximum absolute atomic E-state index is 5.23. The zero-order chi connectivity index (χ0) is 12.4. The van der Waals surface area contributed by atoms with Crippen molar-refractivity contribution in [1.82, 2.24) is 19.7 Å². The Bertz CT molecular complexity index is 655. The van der Waals surface area contributed by atoms with Crippen molar-refractivity contribution in [2.24, 2.45) is 0 Å². The van der Waals surface area contributed by atoms with Crippen molar-refractivity contribution < 1.29 is 29.6 Å². The van der Waals surface area contributed by atoms with Crippen molar-refractivity contribution in [1.29, 1.82) is 0 Å². The SMILES string of the molecule is [Na+].[S-]c1nnc(-c2ccncc2)n1-c1ccccc1. The zero-order valence-corrected chi connectivity index (χ0v) is 13.2. The average molecular weight is 276 g/mol. The molecule has 0 aliphatic carbocycles. The van der Waals surface area contributed by atoms with Crippen LogP contribution in [0.4, 0.5) is 0 Å². The number of hydrogen-bond donors (Lipinski definition) is 0. The largest absolute Gasteiger partial charge is 1.00 e. The molecule has 0 aliphatic rings. The van der Waals surface area contributed by atoms with Crippen LogP contribution in [-0.4, -0.2) is 19.7 Å². The molecule has 1 aromatic carbocycles. The van der Waals surface area contributed by atoms with E-state index in [1.165, 1.54) is 0 Å². The first kappa shape index (κ1) is 14.1. The van der Waals surface area contributed by atoms with Crippen molar-refractivity contribution in [3.8, 4) is 17.1 Å². The molecule has 0 bridgehead atoms. The van der Waals surface area contributed by atoms with Gasteiger partial charge >= 0.3 is 29.6 Å². The van der Waals surface area contributed by atoms with Crippen LogP contribution in [0.25, 0.3) is 17.1 Å². The Balaban J connectivity index is 0.00000133. The first-order valence-electron chi connectivity index (χ1n) is 5.44. The summed E-state index contributed by atoms with van der Waals surface area (Å²) in [6.45, 7) is 0. The second-order valence-corrected chi connectivity index (χ2v) is 4.08. The van der Waals surface area contributed by atoms with Gasteiger partial charge in [-0.15, -0.1) is 5.10 Å². The summed E-state index contributed by atoms with van der Waals surface area (Å²) >= 11 is 5.23. The molecule has 19 heavy (non-hydrogen) atoms. The summed E-state index contributed by atoms with van der Waals surface area (Å²) in [4.78, 5) is 4.00. The molecule has 0 aliphatic heterocycles. The van der Waals surface area contributed by atoms with Gasteiger partial charge in [-0.25, -0.2) is 0 Å². The van der Waals surface area contributed by atoms with E-state index in [0.717, 1.165) is 17.1 Å². The Morgan fingerprint density at radius 1 is 0.895 bits per heavy atom. The fourth-order valence-corrected chi connectivity index (χ4v) is 2.00. The predicted octanol–water partition coefficient (Wildman–Crippen LogP) is -0.761. The van der Waals surface area contributed by atoms with Crippen molar-refractivity contribution in [2.45, 2.75) is 5.16 Å². The van der Waals surface area contributed by atoms with Gasteiger partial charge in [0.05, 0.1) is 0 Å². The Labute approximate surface area is 138 Å². The smallest absolute Gasteiger partial charge is 0.740 e. The summed E-state index contributed by atoms with van der Waals surface area (Å²) in [7, 11) is 0. The topological polar surface area (TPSA) is 43.6 Å². The number of nitrogens with zero attached hydrogens (tertiary/aromatic N) is 4. The number of para-hydroxylation sites is 1. The molecule has 2 aromatic heterocycles. The van der Waals surface area contributed by atoms with E-state index < -0.39 is 0 Å². The molecule has 0 atom stereocenters. The molecule has 0 fully saturated rings. The number of aromatic nitrogens is 4. The van der Waals surface area contributed by atoms with Crippen LogP contribution >= 0.6 is 0 Å². The van der Waals surface area contributed by atoms with E-state index >= 15 is 0 Å². The number of hydrogen-bond acceptors (Lipinski definition) is 4. The van der Waals surface area contributed by atoms with Crippen LogP contribution in [0.3, 0.4) is 0 Å². The summed E-state index contributed by atoms with van der Waals surface area (Å²) < 4.78 is 1.85. The molecule has 88 valence electrons. The number of benzene rings is 1. The van der Waals surface area contributed by atoms with Gasteiger partial charge in [0.25, 0.3) is 0 Å². The van der Waals surface area contributed by atoms with Gasteiger partial charge in [-0.3, -0.25) is 9.55 Å². The molecule has 0 amide bonds. The molecule has 2 heterocycles. The molecule has 3 rings (SSSR count). The minimum Gasteiger partial charge on any atom is -0.740 e. The molecule has 6 heteroatoms. The Kier molecular flexibility index (Phi) is 4.66. The molecule has 3 aromatic rings. The van der Waals surface area contributed by atoms with E-state index in [9.17, 15) is 0 Å². The van der Waals surface area contributed by atoms with Crippen molar-refractivity contribution in [3.63, 3.8) is 0 Å². The summed E-state index contributed by atoms with van der Waals surface area (Å²) in [6.07, 6.45) is 3.45. The molecule has 0 unspecified atom stereocenters. The van der Waals surface area contributed by atoms with Gasteiger partial charge in [0.2, 0.25) is 0 Å². The maximum atomic E-state index is 5.23. The molecule has 0 radical (unpaired) electrons. The van der Waals surface area contributed by atoms with Gasteiger partial charge in [-0.1, -0.05) is 18.2 Å². The fraction of sp³-hybridized carbons (Fsp3) is 0. The summed E-state index contributed by atoms with van der Waals surface area (Å²) in [6, 6.07) is 13.6. The van der Waals surface area contributed by atoms with E-state index in [1.54, 1.807) is 12.4 Å². The van der Waals surface area contributed by atoms with Gasteiger partial charge in [-0.2, -0.15) is 5.10 Å². The van der Waals surface area contributed by atoms with Crippen LogP contribution in [0.15, 0.2) is 60.0 Å². The van der Waals surface area contributed by atoms with Gasteiger partial charge in [0.1, 0.15) is 0 Å². The molecule has 0 spiro atoms. The molecular weight excluding hydrogens is 267 g/mol. The van der Waals surface area contributed by atoms with Crippen LogP contribution in [0.5, 0.6) is 0 Å². The summed E-state index contributed by atoms with van der Waals surface area (Å²) in [5, 5.41) is 8.57. The normalized spacial score (nSPS) is 9.89. The van der Waals surface area contributed by atoms with Gasteiger partial charge < -0.3 is 12.6 Å². The maximum Gasteiger partial charge on any atom is 1.00 e. The van der Waals surface area contributed by atoms with E-state index in [1.807, 2.05) is 47.0 Å². The molecule has 0 N–H and O–H groups in total. The molecular formula is C13H9N4NaS. The monoisotopic (exact) mass is 276 g/mol. The van der Waals surface area contributed by atoms with E-state index in [2.05, 4.69) is 15.2 Å². The molecule has 4 nitrogen and oxygen atoms in total. The first-order valence-corrected chi connectivity index (χ1v) is 5.85. The van der Waals surface area contributed by atoms with Crippen LogP contribution in [0.2, 0.25) is 0 Å².